The summed E-state index contributed by atoms with van der Waals surface area (Å²) in [6.45, 7) is 3.17. The van der Waals surface area contributed by atoms with Crippen LogP contribution in [0, 0.1) is 6.92 Å². The minimum absolute atomic E-state index is 0.121. The van der Waals surface area contributed by atoms with Gasteiger partial charge in [-0.2, -0.15) is 0 Å². The van der Waals surface area contributed by atoms with Crippen molar-refractivity contribution in [3.05, 3.63) is 64.2 Å². The van der Waals surface area contributed by atoms with Crippen molar-refractivity contribution in [1.82, 2.24) is 10.6 Å². The van der Waals surface area contributed by atoms with Gasteiger partial charge in [-0.25, -0.2) is 8.42 Å². The molecule has 1 saturated carbocycles. The topological polar surface area (TPSA) is 70.6 Å². The SMILES string of the molecule is CN=C(NCc1ccc(S(C)(=O)=O)c(C)c1)NCC1(c2cccc(Cl)c2)CC1. The number of nitrogens with zero attached hydrogens (tertiary/aromatic N) is 1. The molecule has 28 heavy (non-hydrogen) atoms. The van der Waals surface area contributed by atoms with Gasteiger partial charge in [-0.3, -0.25) is 4.99 Å². The fourth-order valence-electron chi connectivity index (χ4n) is 3.43. The van der Waals surface area contributed by atoms with E-state index in [1.54, 1.807) is 13.1 Å². The molecule has 0 amide bonds. The van der Waals surface area contributed by atoms with Gasteiger partial charge in [0.15, 0.2) is 15.8 Å². The van der Waals surface area contributed by atoms with Crippen LogP contribution in [0.2, 0.25) is 5.02 Å². The fourth-order valence-corrected chi connectivity index (χ4v) is 4.58. The molecule has 150 valence electrons. The van der Waals surface area contributed by atoms with E-state index in [1.807, 2.05) is 37.3 Å². The van der Waals surface area contributed by atoms with Crippen molar-refractivity contribution < 1.29 is 8.42 Å². The third kappa shape index (κ3) is 4.86. The molecule has 0 atom stereocenters. The van der Waals surface area contributed by atoms with E-state index in [4.69, 9.17) is 11.6 Å². The van der Waals surface area contributed by atoms with Gasteiger partial charge in [0.1, 0.15) is 0 Å². The van der Waals surface area contributed by atoms with Crippen LogP contribution in [0.25, 0.3) is 0 Å². The monoisotopic (exact) mass is 419 g/mol. The van der Waals surface area contributed by atoms with Gasteiger partial charge < -0.3 is 10.6 Å². The van der Waals surface area contributed by atoms with E-state index < -0.39 is 9.84 Å². The first kappa shape index (κ1) is 20.7. The number of guanidine groups is 1. The Hall–Kier alpha value is -2.05. The van der Waals surface area contributed by atoms with Crippen LogP contribution < -0.4 is 10.6 Å². The quantitative estimate of drug-likeness (QED) is 0.555. The van der Waals surface area contributed by atoms with Crippen molar-refractivity contribution >= 4 is 27.4 Å². The van der Waals surface area contributed by atoms with Gasteiger partial charge in [0.05, 0.1) is 4.90 Å². The maximum Gasteiger partial charge on any atom is 0.191 e. The second-order valence-electron chi connectivity index (χ2n) is 7.44. The summed E-state index contributed by atoms with van der Waals surface area (Å²) >= 11 is 6.14. The highest BCUT2D eigenvalue weighted by Crippen LogP contribution is 2.48. The Kier molecular flexibility index (Phi) is 6.01. The van der Waals surface area contributed by atoms with Gasteiger partial charge in [0.25, 0.3) is 0 Å². The number of hydrogen-bond acceptors (Lipinski definition) is 3. The molecule has 7 heteroatoms. The maximum atomic E-state index is 11.7. The number of halogens is 1. The van der Waals surface area contributed by atoms with Gasteiger partial charge >= 0.3 is 0 Å². The number of hydrogen-bond donors (Lipinski definition) is 2. The van der Waals surface area contributed by atoms with E-state index in [-0.39, 0.29) is 5.41 Å². The average molecular weight is 420 g/mol. The van der Waals surface area contributed by atoms with Crippen molar-refractivity contribution in [2.45, 2.75) is 36.6 Å². The second kappa shape index (κ2) is 8.13. The van der Waals surface area contributed by atoms with Crippen LogP contribution in [-0.2, 0) is 21.8 Å². The molecular weight excluding hydrogens is 394 g/mol. The number of rotatable bonds is 6. The van der Waals surface area contributed by atoms with E-state index in [0.717, 1.165) is 41.5 Å². The Morgan fingerprint density at radius 2 is 1.93 bits per heavy atom. The minimum atomic E-state index is -3.20. The number of benzene rings is 2. The first-order valence-electron chi connectivity index (χ1n) is 9.24. The van der Waals surface area contributed by atoms with E-state index in [1.165, 1.54) is 11.8 Å². The molecule has 1 fully saturated rings. The summed E-state index contributed by atoms with van der Waals surface area (Å²) in [6, 6.07) is 13.4. The second-order valence-corrected chi connectivity index (χ2v) is 9.86. The highest BCUT2D eigenvalue weighted by atomic mass is 35.5. The summed E-state index contributed by atoms with van der Waals surface area (Å²) < 4.78 is 23.5. The van der Waals surface area contributed by atoms with E-state index >= 15 is 0 Å². The van der Waals surface area contributed by atoms with Gasteiger partial charge in [-0.05, 0) is 54.7 Å². The zero-order valence-corrected chi connectivity index (χ0v) is 18.0. The molecule has 0 radical (unpaired) electrons. The predicted octanol–water partition coefficient (Wildman–Crippen LogP) is 3.45. The summed E-state index contributed by atoms with van der Waals surface area (Å²) in [5.41, 5.74) is 3.14. The van der Waals surface area contributed by atoms with Crippen LogP contribution in [-0.4, -0.2) is 34.2 Å². The molecule has 0 saturated heterocycles. The molecule has 5 nitrogen and oxygen atoms in total. The number of sulfone groups is 1. The first-order valence-corrected chi connectivity index (χ1v) is 11.5. The molecule has 0 aliphatic heterocycles. The summed E-state index contributed by atoms with van der Waals surface area (Å²) in [6.07, 6.45) is 3.49. The van der Waals surface area contributed by atoms with Crippen molar-refractivity contribution in [2.24, 2.45) is 4.99 Å². The van der Waals surface area contributed by atoms with Crippen molar-refractivity contribution in [3.63, 3.8) is 0 Å². The lowest BCUT2D eigenvalue weighted by molar-refractivity contribution is 0.601. The van der Waals surface area contributed by atoms with Crippen molar-refractivity contribution in [3.8, 4) is 0 Å². The molecule has 0 heterocycles. The lowest BCUT2D eigenvalue weighted by atomic mass is 9.96. The molecule has 1 aliphatic carbocycles. The standard InChI is InChI=1S/C21H26ClN3O2S/c1-15-11-16(7-8-19(15)28(3,26)27)13-24-20(23-2)25-14-21(9-10-21)17-5-4-6-18(22)12-17/h4-8,11-12H,9-10,13-14H2,1-3H3,(H2,23,24,25). The molecular formula is C21H26ClN3O2S. The smallest absolute Gasteiger partial charge is 0.191 e. The Labute approximate surface area is 172 Å². The highest BCUT2D eigenvalue weighted by Gasteiger charge is 2.44. The van der Waals surface area contributed by atoms with Gasteiger partial charge in [0, 0.05) is 36.8 Å². The first-order chi connectivity index (χ1) is 13.2. The molecule has 0 aromatic heterocycles. The van der Waals surface area contributed by atoms with E-state index in [0.29, 0.717) is 11.4 Å². The zero-order chi connectivity index (χ0) is 20.4. The van der Waals surface area contributed by atoms with Gasteiger partial charge in [-0.1, -0.05) is 35.9 Å². The Morgan fingerprint density at radius 1 is 1.18 bits per heavy atom. The summed E-state index contributed by atoms with van der Waals surface area (Å²) in [4.78, 5) is 4.67. The van der Waals surface area contributed by atoms with Crippen LogP contribution >= 0.6 is 11.6 Å². The Bertz CT molecular complexity index is 998. The summed E-state index contributed by atoms with van der Waals surface area (Å²) in [5.74, 6) is 0.721. The minimum Gasteiger partial charge on any atom is -0.356 e. The number of aryl methyl sites for hydroxylation is 1. The van der Waals surface area contributed by atoms with Crippen LogP contribution in [0.5, 0.6) is 0 Å². The summed E-state index contributed by atoms with van der Waals surface area (Å²) in [5, 5.41) is 7.47. The van der Waals surface area contributed by atoms with Gasteiger partial charge in [0.2, 0.25) is 0 Å². The summed E-state index contributed by atoms with van der Waals surface area (Å²) in [7, 11) is -1.46. The molecule has 0 unspecified atom stereocenters. The lowest BCUT2D eigenvalue weighted by Crippen LogP contribution is -2.40. The molecule has 3 rings (SSSR count). The largest absolute Gasteiger partial charge is 0.356 e. The Balaban J connectivity index is 1.59. The van der Waals surface area contributed by atoms with Crippen LogP contribution in [0.3, 0.4) is 0 Å². The molecule has 0 bridgehead atoms. The van der Waals surface area contributed by atoms with Crippen molar-refractivity contribution in [1.29, 1.82) is 0 Å². The molecule has 2 N–H and O–H groups in total. The van der Waals surface area contributed by atoms with Crippen LogP contribution in [0.1, 0.15) is 29.5 Å². The maximum absolute atomic E-state index is 11.7. The Morgan fingerprint density at radius 3 is 2.50 bits per heavy atom. The lowest BCUT2D eigenvalue weighted by Gasteiger charge is -2.19. The zero-order valence-electron chi connectivity index (χ0n) is 16.4. The third-order valence-corrected chi connectivity index (χ3v) is 6.70. The number of nitrogens with one attached hydrogen (secondary N) is 2. The predicted molar refractivity (Wildman–Crippen MR) is 115 cm³/mol. The van der Waals surface area contributed by atoms with Crippen LogP contribution in [0.4, 0.5) is 0 Å². The molecule has 2 aromatic rings. The van der Waals surface area contributed by atoms with Crippen molar-refractivity contribution in [2.75, 3.05) is 19.8 Å². The van der Waals surface area contributed by atoms with Gasteiger partial charge in [-0.15, -0.1) is 0 Å². The highest BCUT2D eigenvalue weighted by molar-refractivity contribution is 7.90. The molecule has 1 aliphatic rings. The number of aliphatic imine (C=N–C) groups is 1. The van der Waals surface area contributed by atoms with E-state index in [9.17, 15) is 8.42 Å². The average Bonchev–Trinajstić information content (AvgIpc) is 3.42. The normalized spacial score (nSPS) is 15.9. The molecule has 0 spiro atoms. The van der Waals surface area contributed by atoms with Crippen LogP contribution in [0.15, 0.2) is 52.4 Å². The molecule has 2 aromatic carbocycles. The fraction of sp³-hybridized carbons (Fsp3) is 0.381. The third-order valence-electron chi connectivity index (χ3n) is 5.21. The van der Waals surface area contributed by atoms with E-state index in [2.05, 4.69) is 21.7 Å².